The standard InChI is InChI=1S/C9H11NO3S.ClH/c1-14(12,13)8-4-2-7(3-5-8)9(11)6-10;/h2-5H,6,10H2,1H3;1H. The monoisotopic (exact) mass is 249 g/mol. The summed E-state index contributed by atoms with van der Waals surface area (Å²) in [5.41, 5.74) is 5.59. The first-order valence-corrected chi connectivity index (χ1v) is 5.87. The van der Waals surface area contributed by atoms with Crippen molar-refractivity contribution in [2.24, 2.45) is 5.73 Å². The molecule has 0 heterocycles. The van der Waals surface area contributed by atoms with Crippen molar-refractivity contribution < 1.29 is 13.2 Å². The van der Waals surface area contributed by atoms with Gasteiger partial charge in [0.25, 0.3) is 0 Å². The normalized spacial score (nSPS) is 10.5. The topological polar surface area (TPSA) is 77.2 Å². The van der Waals surface area contributed by atoms with E-state index in [4.69, 9.17) is 5.73 Å². The largest absolute Gasteiger partial charge is 0.324 e. The van der Waals surface area contributed by atoms with Gasteiger partial charge in [0, 0.05) is 11.8 Å². The molecule has 0 atom stereocenters. The minimum atomic E-state index is -3.19. The molecule has 6 heteroatoms. The van der Waals surface area contributed by atoms with Crippen molar-refractivity contribution in [2.75, 3.05) is 12.8 Å². The second-order valence-corrected chi connectivity index (χ2v) is 4.94. The van der Waals surface area contributed by atoms with Crippen molar-refractivity contribution in [3.8, 4) is 0 Å². The van der Waals surface area contributed by atoms with Crippen LogP contribution in [0.4, 0.5) is 0 Å². The predicted octanol–water partition coefficient (Wildman–Crippen LogP) is 0.653. The van der Waals surface area contributed by atoms with Gasteiger partial charge >= 0.3 is 0 Å². The fraction of sp³-hybridized carbons (Fsp3) is 0.222. The van der Waals surface area contributed by atoms with Crippen molar-refractivity contribution in [3.05, 3.63) is 29.8 Å². The molecule has 1 aromatic rings. The Morgan fingerprint density at radius 3 is 2.07 bits per heavy atom. The van der Waals surface area contributed by atoms with Crippen LogP contribution >= 0.6 is 12.4 Å². The zero-order chi connectivity index (χ0) is 10.8. The lowest BCUT2D eigenvalue weighted by Gasteiger charge is -2.00. The Hall–Kier alpha value is -0.910. The molecule has 0 radical (unpaired) electrons. The van der Waals surface area contributed by atoms with Gasteiger partial charge in [0.2, 0.25) is 0 Å². The van der Waals surface area contributed by atoms with Crippen LogP contribution in [-0.2, 0) is 9.84 Å². The number of ketones is 1. The number of rotatable bonds is 3. The first-order chi connectivity index (χ1) is 6.45. The van der Waals surface area contributed by atoms with Gasteiger partial charge in [-0.25, -0.2) is 8.42 Å². The average Bonchev–Trinajstić information content (AvgIpc) is 2.15. The third kappa shape index (κ3) is 3.62. The maximum atomic E-state index is 11.1. The van der Waals surface area contributed by atoms with Gasteiger partial charge in [-0.05, 0) is 12.1 Å². The second-order valence-electron chi connectivity index (χ2n) is 2.92. The minimum Gasteiger partial charge on any atom is -0.324 e. The third-order valence-electron chi connectivity index (χ3n) is 1.79. The summed E-state index contributed by atoms with van der Waals surface area (Å²) in [7, 11) is -3.19. The van der Waals surface area contributed by atoms with E-state index in [1.807, 2.05) is 0 Å². The van der Waals surface area contributed by atoms with Gasteiger partial charge in [-0.15, -0.1) is 12.4 Å². The summed E-state index contributed by atoms with van der Waals surface area (Å²) in [6, 6.07) is 5.73. The summed E-state index contributed by atoms with van der Waals surface area (Å²) in [4.78, 5) is 11.3. The number of Topliss-reactive ketones (excluding diaryl/α,β-unsaturated/α-hetero) is 1. The van der Waals surface area contributed by atoms with Gasteiger partial charge < -0.3 is 5.73 Å². The van der Waals surface area contributed by atoms with Crippen LogP contribution in [0.15, 0.2) is 29.2 Å². The molecule has 0 saturated carbocycles. The van der Waals surface area contributed by atoms with Crippen molar-refractivity contribution in [1.29, 1.82) is 0 Å². The van der Waals surface area contributed by atoms with Gasteiger partial charge in [-0.1, -0.05) is 12.1 Å². The van der Waals surface area contributed by atoms with Crippen LogP contribution < -0.4 is 5.73 Å². The lowest BCUT2D eigenvalue weighted by atomic mass is 10.1. The Kier molecular flexibility index (Phi) is 4.93. The lowest BCUT2D eigenvalue weighted by molar-refractivity contribution is 0.100. The SMILES string of the molecule is CS(=O)(=O)c1ccc(C(=O)CN)cc1.Cl. The van der Waals surface area contributed by atoms with Crippen molar-refractivity contribution in [3.63, 3.8) is 0 Å². The number of benzene rings is 1. The maximum absolute atomic E-state index is 11.1. The van der Waals surface area contributed by atoms with E-state index in [1.54, 1.807) is 0 Å². The molecule has 0 aliphatic heterocycles. The van der Waals surface area contributed by atoms with Crippen molar-refractivity contribution in [1.82, 2.24) is 0 Å². The van der Waals surface area contributed by atoms with Gasteiger partial charge in [0.05, 0.1) is 11.4 Å². The third-order valence-corrected chi connectivity index (χ3v) is 2.92. The number of carbonyl (C=O) groups excluding carboxylic acids is 1. The van der Waals surface area contributed by atoms with Crippen LogP contribution in [0.3, 0.4) is 0 Å². The zero-order valence-electron chi connectivity index (χ0n) is 8.14. The second kappa shape index (κ2) is 5.25. The molecule has 0 spiro atoms. The Labute approximate surface area is 94.8 Å². The fourth-order valence-electron chi connectivity index (χ4n) is 1.01. The molecule has 84 valence electrons. The fourth-order valence-corrected chi connectivity index (χ4v) is 1.64. The number of nitrogens with two attached hydrogens (primary N) is 1. The van der Waals surface area contributed by atoms with Crippen LogP contribution in [0.25, 0.3) is 0 Å². The van der Waals surface area contributed by atoms with E-state index in [9.17, 15) is 13.2 Å². The minimum absolute atomic E-state index is 0. The highest BCUT2D eigenvalue weighted by Crippen LogP contribution is 2.10. The van der Waals surface area contributed by atoms with Crippen LogP contribution in [-0.4, -0.2) is 27.0 Å². The smallest absolute Gasteiger partial charge is 0.176 e. The lowest BCUT2D eigenvalue weighted by Crippen LogP contribution is -2.13. The molecule has 2 N–H and O–H groups in total. The molecule has 0 aromatic heterocycles. The Morgan fingerprint density at radius 1 is 1.27 bits per heavy atom. The molecule has 0 saturated heterocycles. The summed E-state index contributed by atoms with van der Waals surface area (Å²) < 4.78 is 22.1. The van der Waals surface area contributed by atoms with Gasteiger partial charge in [0.1, 0.15) is 0 Å². The molecule has 1 rings (SSSR count). The summed E-state index contributed by atoms with van der Waals surface area (Å²) >= 11 is 0. The molecule has 0 amide bonds. The number of hydrogen-bond donors (Lipinski definition) is 1. The highest BCUT2D eigenvalue weighted by molar-refractivity contribution is 7.90. The molecule has 15 heavy (non-hydrogen) atoms. The molecular weight excluding hydrogens is 238 g/mol. The van der Waals surface area contributed by atoms with E-state index in [2.05, 4.69) is 0 Å². The van der Waals surface area contributed by atoms with Gasteiger partial charge in [-0.3, -0.25) is 4.79 Å². The van der Waals surface area contributed by atoms with E-state index in [1.165, 1.54) is 24.3 Å². The Bertz CT molecular complexity index is 439. The quantitative estimate of drug-likeness (QED) is 0.798. The maximum Gasteiger partial charge on any atom is 0.176 e. The van der Waals surface area contributed by atoms with Gasteiger partial charge in [-0.2, -0.15) is 0 Å². The molecular formula is C9H12ClNO3S. The van der Waals surface area contributed by atoms with Gasteiger partial charge in [0.15, 0.2) is 15.6 Å². The zero-order valence-corrected chi connectivity index (χ0v) is 9.77. The van der Waals surface area contributed by atoms with Crippen LogP contribution in [0.2, 0.25) is 0 Å². The number of halogens is 1. The van der Waals surface area contributed by atoms with E-state index in [0.29, 0.717) is 5.56 Å². The molecule has 0 aliphatic rings. The molecule has 1 aromatic carbocycles. The average molecular weight is 250 g/mol. The summed E-state index contributed by atoms with van der Waals surface area (Å²) in [6.45, 7) is -0.0712. The van der Waals surface area contributed by atoms with Crippen LogP contribution in [0.5, 0.6) is 0 Å². The van der Waals surface area contributed by atoms with E-state index >= 15 is 0 Å². The highest BCUT2D eigenvalue weighted by atomic mass is 35.5. The Balaban J connectivity index is 0.00000196. The summed E-state index contributed by atoms with van der Waals surface area (Å²) in [5, 5.41) is 0. The van der Waals surface area contributed by atoms with E-state index < -0.39 is 9.84 Å². The van der Waals surface area contributed by atoms with E-state index in [0.717, 1.165) is 6.26 Å². The molecule has 0 unspecified atom stereocenters. The highest BCUT2D eigenvalue weighted by Gasteiger charge is 2.08. The molecule has 0 aliphatic carbocycles. The molecule has 0 bridgehead atoms. The first kappa shape index (κ1) is 14.1. The van der Waals surface area contributed by atoms with Crippen molar-refractivity contribution in [2.45, 2.75) is 4.90 Å². The molecule has 4 nitrogen and oxygen atoms in total. The summed E-state index contributed by atoms with van der Waals surface area (Å²) in [6.07, 6.45) is 1.12. The number of carbonyl (C=O) groups is 1. The first-order valence-electron chi connectivity index (χ1n) is 3.98. The Morgan fingerprint density at radius 2 is 1.73 bits per heavy atom. The molecule has 0 fully saturated rings. The van der Waals surface area contributed by atoms with E-state index in [-0.39, 0.29) is 29.6 Å². The number of sulfone groups is 1. The van der Waals surface area contributed by atoms with Crippen LogP contribution in [0.1, 0.15) is 10.4 Å². The predicted molar refractivity (Wildman–Crippen MR) is 60.2 cm³/mol. The summed E-state index contributed by atoms with van der Waals surface area (Å²) in [5.74, 6) is -0.204. The number of hydrogen-bond acceptors (Lipinski definition) is 4. The van der Waals surface area contributed by atoms with Crippen LogP contribution in [0, 0.1) is 0 Å². The van der Waals surface area contributed by atoms with Crippen molar-refractivity contribution >= 4 is 28.0 Å².